The van der Waals surface area contributed by atoms with Crippen LogP contribution in [0.4, 0.5) is 5.13 Å². The van der Waals surface area contributed by atoms with Crippen molar-refractivity contribution in [1.29, 1.82) is 0 Å². The van der Waals surface area contributed by atoms with Crippen molar-refractivity contribution in [2.75, 3.05) is 17.2 Å². The summed E-state index contributed by atoms with van der Waals surface area (Å²) in [6.07, 6.45) is 1.37. The fraction of sp³-hybridized carbons (Fsp3) is 0.263. The van der Waals surface area contributed by atoms with Gasteiger partial charge >= 0.3 is 5.97 Å². The maximum absolute atomic E-state index is 13.1. The van der Waals surface area contributed by atoms with Crippen LogP contribution in [-0.2, 0) is 25.8 Å². The number of β-lactam (4-membered cyclic amide) rings is 1. The second-order valence-electron chi connectivity index (χ2n) is 7.39. The van der Waals surface area contributed by atoms with Crippen LogP contribution in [0, 0.1) is 0 Å². The summed E-state index contributed by atoms with van der Waals surface area (Å²) >= 11 is 5.17. The number of thioether (sulfide) groups is 2. The van der Waals surface area contributed by atoms with E-state index in [1.54, 1.807) is 11.6 Å². The molecule has 2 aliphatic heterocycles. The number of aromatic nitrogens is 4. The maximum Gasteiger partial charge on any atom is 0.352 e. The van der Waals surface area contributed by atoms with E-state index in [4.69, 9.17) is 15.1 Å². The molecule has 18 heteroatoms. The number of anilines is 1. The van der Waals surface area contributed by atoms with Crippen molar-refractivity contribution in [2.24, 2.45) is 5.16 Å². The van der Waals surface area contributed by atoms with E-state index in [-0.39, 0.29) is 28.8 Å². The second-order valence-corrected chi connectivity index (χ2v) is 11.4. The van der Waals surface area contributed by atoms with Crippen LogP contribution in [0.1, 0.15) is 11.4 Å². The van der Waals surface area contributed by atoms with E-state index in [2.05, 4.69) is 30.8 Å². The average molecular weight is 581 g/mol. The van der Waals surface area contributed by atoms with Gasteiger partial charge in [0.2, 0.25) is 0 Å². The number of rotatable bonds is 10. The third kappa shape index (κ3) is 5.31. The highest BCUT2D eigenvalue weighted by molar-refractivity contribution is 8.01. The number of hydrogen-bond acceptors (Lipinski definition) is 15. The smallest absolute Gasteiger partial charge is 0.352 e. The van der Waals surface area contributed by atoms with Gasteiger partial charge in [0.1, 0.15) is 40.3 Å². The van der Waals surface area contributed by atoms with Crippen LogP contribution in [0.3, 0.4) is 0 Å². The molecule has 5 heterocycles. The van der Waals surface area contributed by atoms with Crippen molar-refractivity contribution in [3.05, 3.63) is 45.9 Å². The van der Waals surface area contributed by atoms with Crippen LogP contribution in [0.15, 0.2) is 48.5 Å². The number of thiazole rings is 1. The van der Waals surface area contributed by atoms with Crippen molar-refractivity contribution >= 4 is 74.8 Å². The van der Waals surface area contributed by atoms with Crippen LogP contribution >= 0.6 is 46.2 Å². The first-order valence-electron chi connectivity index (χ1n) is 10.3. The predicted molar refractivity (Wildman–Crippen MR) is 135 cm³/mol. The molecule has 1 unspecified atom stereocenters. The number of nitrogen functional groups attached to an aromatic ring is 1. The number of nitrogens with zero attached hydrogens (tertiary/aromatic N) is 6. The number of carboxylic acids is 1. The molecular formula is C19H16N8O6S4. The Hall–Kier alpha value is -3.48. The first-order valence-corrected chi connectivity index (χ1v) is 14.1. The van der Waals surface area contributed by atoms with Crippen LogP contribution in [0.5, 0.6) is 0 Å². The molecule has 4 N–H and O–H groups in total. The molecule has 5 rings (SSSR count). The van der Waals surface area contributed by atoms with Crippen LogP contribution in [0.2, 0.25) is 0 Å². The lowest BCUT2D eigenvalue weighted by molar-refractivity contribution is -0.150. The van der Waals surface area contributed by atoms with Crippen molar-refractivity contribution in [1.82, 2.24) is 30.6 Å². The number of nitrogens with one attached hydrogen (secondary N) is 1. The third-order valence-electron chi connectivity index (χ3n) is 5.09. The van der Waals surface area contributed by atoms with Crippen LogP contribution in [-0.4, -0.2) is 76.8 Å². The second kappa shape index (κ2) is 10.9. The van der Waals surface area contributed by atoms with E-state index in [1.165, 1.54) is 51.4 Å². The number of hydrogen-bond donors (Lipinski definition) is 3. The molecule has 2 atom stereocenters. The number of oxime groups is 1. The molecule has 3 aromatic heterocycles. The van der Waals surface area contributed by atoms with Gasteiger partial charge in [-0.25, -0.2) is 9.78 Å². The van der Waals surface area contributed by atoms with Gasteiger partial charge in [0.05, 0.1) is 0 Å². The fourth-order valence-corrected chi connectivity index (χ4v) is 6.98. The minimum Gasteiger partial charge on any atom is -0.477 e. The summed E-state index contributed by atoms with van der Waals surface area (Å²) in [5.74, 6) is -1.75. The Morgan fingerprint density at radius 1 is 1.41 bits per heavy atom. The van der Waals surface area contributed by atoms with Gasteiger partial charge in [0.15, 0.2) is 21.8 Å². The topological polar surface area (TPSA) is 199 Å². The number of carbonyl (C=O) groups excluding carboxylic acids is 2. The Kier molecular flexibility index (Phi) is 7.40. The summed E-state index contributed by atoms with van der Waals surface area (Å²) in [6, 6.07) is 0.618. The van der Waals surface area contributed by atoms with Crippen LogP contribution in [0.25, 0.3) is 0 Å². The van der Waals surface area contributed by atoms with E-state index < -0.39 is 29.2 Å². The number of fused-ring (bicyclic) bond motifs is 1. The predicted octanol–water partition coefficient (Wildman–Crippen LogP) is 1.02. The molecule has 192 valence electrons. The van der Waals surface area contributed by atoms with Gasteiger partial charge < -0.3 is 25.5 Å². The Labute approximate surface area is 224 Å². The van der Waals surface area contributed by atoms with Crippen molar-refractivity contribution in [3.63, 3.8) is 0 Å². The summed E-state index contributed by atoms with van der Waals surface area (Å²) in [5, 5.41) is 28.9. The van der Waals surface area contributed by atoms with Crippen LogP contribution < -0.4 is 11.1 Å². The van der Waals surface area contributed by atoms with E-state index in [0.717, 1.165) is 11.3 Å². The third-order valence-corrected chi connectivity index (χ3v) is 9.05. The molecule has 0 aromatic carbocycles. The van der Waals surface area contributed by atoms with Crippen molar-refractivity contribution in [3.8, 4) is 0 Å². The van der Waals surface area contributed by atoms with Crippen molar-refractivity contribution in [2.45, 2.75) is 22.4 Å². The number of amides is 2. The van der Waals surface area contributed by atoms with Gasteiger partial charge in [-0.2, -0.15) is 0 Å². The van der Waals surface area contributed by atoms with Gasteiger partial charge in [-0.1, -0.05) is 33.4 Å². The van der Waals surface area contributed by atoms with E-state index >= 15 is 0 Å². The highest BCUT2D eigenvalue weighted by Crippen LogP contribution is 2.41. The van der Waals surface area contributed by atoms with Gasteiger partial charge in [0, 0.05) is 23.0 Å². The van der Waals surface area contributed by atoms with E-state index in [1.807, 2.05) is 0 Å². The molecular weight excluding hydrogens is 565 g/mol. The molecule has 0 saturated carbocycles. The van der Waals surface area contributed by atoms with Gasteiger partial charge in [-0.3, -0.25) is 14.5 Å². The van der Waals surface area contributed by atoms with Gasteiger partial charge in [0.25, 0.3) is 11.8 Å². The summed E-state index contributed by atoms with van der Waals surface area (Å²) in [5.41, 5.74) is 8.25. The SMILES string of the molecule is Nc1nc(C(=NOCc2ccon2)C(=O)NC2C(=O)N3C(C(=O)O)=C(CSc4nncs4)CS[C@H]23)cs1. The summed E-state index contributed by atoms with van der Waals surface area (Å²) in [7, 11) is 0. The molecule has 0 aliphatic carbocycles. The summed E-state index contributed by atoms with van der Waals surface area (Å²) < 4.78 is 5.43. The normalized spacial score (nSPS) is 19.4. The minimum absolute atomic E-state index is 0.0634. The maximum atomic E-state index is 13.1. The lowest BCUT2D eigenvalue weighted by atomic mass is 10.0. The Morgan fingerprint density at radius 3 is 2.95 bits per heavy atom. The lowest BCUT2D eigenvalue weighted by Gasteiger charge is -2.49. The molecule has 37 heavy (non-hydrogen) atoms. The van der Waals surface area contributed by atoms with Crippen molar-refractivity contribution < 1.29 is 28.9 Å². The first kappa shape index (κ1) is 25.2. The number of nitrogens with two attached hydrogens (primary N) is 1. The van der Waals surface area contributed by atoms with Gasteiger partial charge in [-0.05, 0) is 5.57 Å². The molecule has 0 bridgehead atoms. The molecule has 0 radical (unpaired) electrons. The highest BCUT2D eigenvalue weighted by Gasteiger charge is 2.54. The molecule has 2 amide bonds. The molecule has 2 aliphatic rings. The Balaban J connectivity index is 1.30. The summed E-state index contributed by atoms with van der Waals surface area (Å²) in [4.78, 5) is 48.7. The molecule has 14 nitrogen and oxygen atoms in total. The quantitative estimate of drug-likeness (QED) is 0.133. The number of carboxylic acid groups (broad SMARTS) is 1. The minimum atomic E-state index is -1.21. The largest absolute Gasteiger partial charge is 0.477 e. The summed E-state index contributed by atoms with van der Waals surface area (Å²) in [6.45, 7) is -0.0634. The van der Waals surface area contributed by atoms with E-state index in [0.29, 0.717) is 27.1 Å². The molecule has 3 aromatic rings. The highest BCUT2D eigenvalue weighted by atomic mass is 32.2. The molecule has 1 saturated heterocycles. The monoisotopic (exact) mass is 580 g/mol. The van der Waals surface area contributed by atoms with E-state index in [9.17, 15) is 19.5 Å². The standard InChI is InChI=1S/C19H16N8O6S4/c20-18-22-10(6-35-18)11(26-33-3-9-1-2-32-25-9)14(28)23-12-15(29)27-13(17(30)31)8(4-34-16(12)27)5-36-19-24-21-7-37-19/h1-2,6-7,12,16H,3-5H2,(H2,20,22)(H,23,28)(H,30,31)/t12?,16-/m1/s1. The Morgan fingerprint density at radius 2 is 2.27 bits per heavy atom. The average Bonchev–Trinajstić information content (AvgIpc) is 3.67. The zero-order valence-corrected chi connectivity index (χ0v) is 21.7. The first-order chi connectivity index (χ1) is 17.9. The molecule has 0 spiro atoms. The molecule has 1 fully saturated rings. The fourth-order valence-electron chi connectivity index (χ4n) is 3.45. The number of carbonyl (C=O) groups is 3. The van der Waals surface area contributed by atoms with Gasteiger partial charge in [-0.15, -0.1) is 33.3 Å². The number of aliphatic carboxylic acids is 1. The zero-order chi connectivity index (χ0) is 25.9. The lowest BCUT2D eigenvalue weighted by Crippen LogP contribution is -2.71. The zero-order valence-electron chi connectivity index (χ0n) is 18.5. The Bertz CT molecular complexity index is 1370.